The van der Waals surface area contributed by atoms with Crippen LogP contribution in [0.4, 0.5) is 0 Å². The standard InChI is InChI=1S/C22H28N2O8/c1-3-24(12-20(27)28)17(21(29)30)6-4-5-9-23-19(26)11-16-13(2)15-8-7-14(25)10-18(15)32-22(16)31/h7-8,10,17,25H,3-6,9,11-12H2,1-2H3,(H,23,26)(H,27,28)(H,29,30)/p-2. The zero-order valence-corrected chi connectivity index (χ0v) is 18.0. The maximum atomic E-state index is 12.3. The van der Waals surface area contributed by atoms with Gasteiger partial charge in [0.1, 0.15) is 11.3 Å². The molecule has 2 N–H and O–H groups in total. The van der Waals surface area contributed by atoms with Crippen LogP contribution in [0, 0.1) is 6.92 Å². The third kappa shape index (κ3) is 6.55. The summed E-state index contributed by atoms with van der Waals surface area (Å²) in [5.41, 5.74) is 0.397. The molecule has 174 valence electrons. The number of aryl methyl sites for hydroxylation is 1. The van der Waals surface area contributed by atoms with Gasteiger partial charge in [-0.25, -0.2) is 4.79 Å². The quantitative estimate of drug-likeness (QED) is 0.302. The van der Waals surface area contributed by atoms with Crippen molar-refractivity contribution >= 4 is 28.8 Å². The second kappa shape index (κ2) is 11.3. The Kier molecular flexibility index (Phi) is 8.77. The van der Waals surface area contributed by atoms with Crippen molar-refractivity contribution in [2.75, 3.05) is 19.6 Å². The molecule has 1 heterocycles. The number of phenols is 1. The van der Waals surface area contributed by atoms with E-state index in [1.54, 1.807) is 19.9 Å². The lowest BCUT2D eigenvalue weighted by molar-refractivity contribution is -0.315. The molecule has 1 unspecified atom stereocenters. The number of rotatable bonds is 12. The summed E-state index contributed by atoms with van der Waals surface area (Å²) in [6, 6.07) is 3.35. The van der Waals surface area contributed by atoms with Crippen LogP contribution in [0.3, 0.4) is 0 Å². The Morgan fingerprint density at radius 1 is 1.22 bits per heavy atom. The van der Waals surface area contributed by atoms with Crippen molar-refractivity contribution in [3.8, 4) is 5.75 Å². The first-order valence-electron chi connectivity index (χ1n) is 10.3. The number of likely N-dealkylation sites (N-methyl/N-ethyl adjacent to an activating group) is 1. The van der Waals surface area contributed by atoms with E-state index in [4.69, 9.17) is 4.42 Å². The number of aromatic hydroxyl groups is 1. The summed E-state index contributed by atoms with van der Waals surface area (Å²) in [5, 5.41) is 34.9. The van der Waals surface area contributed by atoms with Crippen LogP contribution in [-0.2, 0) is 20.8 Å². The van der Waals surface area contributed by atoms with Crippen molar-refractivity contribution in [1.29, 1.82) is 0 Å². The van der Waals surface area contributed by atoms with Gasteiger partial charge in [0.15, 0.2) is 0 Å². The molecule has 10 nitrogen and oxygen atoms in total. The number of carbonyl (C=O) groups excluding carboxylic acids is 3. The molecule has 0 radical (unpaired) electrons. The lowest BCUT2D eigenvalue weighted by Crippen LogP contribution is -2.51. The van der Waals surface area contributed by atoms with Crippen LogP contribution < -0.4 is 21.2 Å². The van der Waals surface area contributed by atoms with E-state index in [-0.39, 0.29) is 48.7 Å². The Labute approximate surface area is 184 Å². The van der Waals surface area contributed by atoms with Crippen LogP contribution in [0.1, 0.15) is 37.3 Å². The molecule has 0 aliphatic carbocycles. The second-order valence-corrected chi connectivity index (χ2v) is 7.47. The lowest BCUT2D eigenvalue weighted by atomic mass is 10.0. The molecule has 1 atom stereocenters. The van der Waals surface area contributed by atoms with Gasteiger partial charge in [-0.2, -0.15) is 0 Å². The highest BCUT2D eigenvalue weighted by Gasteiger charge is 2.18. The number of nitrogens with zero attached hydrogens (tertiary/aromatic N) is 1. The van der Waals surface area contributed by atoms with Gasteiger partial charge >= 0.3 is 5.63 Å². The van der Waals surface area contributed by atoms with Crippen molar-refractivity contribution < 1.29 is 34.1 Å². The van der Waals surface area contributed by atoms with Gasteiger partial charge in [-0.3, -0.25) is 9.69 Å². The normalized spacial score (nSPS) is 12.1. The number of benzene rings is 1. The predicted molar refractivity (Wildman–Crippen MR) is 110 cm³/mol. The topological polar surface area (TPSA) is 163 Å². The Bertz CT molecular complexity index is 1050. The van der Waals surface area contributed by atoms with Gasteiger partial charge in [0.25, 0.3) is 0 Å². The first-order valence-corrected chi connectivity index (χ1v) is 10.3. The van der Waals surface area contributed by atoms with Crippen LogP contribution in [0.15, 0.2) is 27.4 Å². The molecule has 0 aliphatic heterocycles. The minimum Gasteiger partial charge on any atom is -0.549 e. The van der Waals surface area contributed by atoms with Crippen molar-refractivity contribution in [3.05, 3.63) is 39.7 Å². The molecule has 0 fully saturated rings. The number of nitrogens with one attached hydrogen (secondary N) is 1. The van der Waals surface area contributed by atoms with Crippen molar-refractivity contribution in [2.24, 2.45) is 0 Å². The zero-order valence-electron chi connectivity index (χ0n) is 18.0. The number of amides is 1. The number of carboxylic acid groups (broad SMARTS) is 2. The monoisotopic (exact) mass is 446 g/mol. The van der Waals surface area contributed by atoms with Gasteiger partial charge in [0, 0.05) is 30.6 Å². The van der Waals surface area contributed by atoms with Crippen molar-refractivity contribution in [1.82, 2.24) is 10.2 Å². The van der Waals surface area contributed by atoms with Crippen LogP contribution in [0.5, 0.6) is 5.75 Å². The Morgan fingerprint density at radius 3 is 2.56 bits per heavy atom. The maximum Gasteiger partial charge on any atom is 0.340 e. The third-order valence-corrected chi connectivity index (χ3v) is 5.29. The molecule has 2 rings (SSSR count). The van der Waals surface area contributed by atoms with Gasteiger partial charge in [-0.05, 0) is 50.4 Å². The first kappa shape index (κ1) is 24.9. The highest BCUT2D eigenvalue weighted by atomic mass is 16.4. The average molecular weight is 446 g/mol. The highest BCUT2D eigenvalue weighted by Crippen LogP contribution is 2.23. The molecule has 0 saturated heterocycles. The number of fused-ring (bicyclic) bond motifs is 1. The first-order chi connectivity index (χ1) is 15.1. The lowest BCUT2D eigenvalue weighted by Gasteiger charge is -2.31. The predicted octanol–water partition coefficient (Wildman–Crippen LogP) is -1.17. The molecule has 1 amide bonds. The molecule has 0 saturated carbocycles. The van der Waals surface area contributed by atoms with E-state index in [9.17, 15) is 34.5 Å². The van der Waals surface area contributed by atoms with Crippen LogP contribution in [0.25, 0.3) is 11.0 Å². The van der Waals surface area contributed by atoms with E-state index in [1.165, 1.54) is 17.0 Å². The molecule has 32 heavy (non-hydrogen) atoms. The van der Waals surface area contributed by atoms with E-state index in [0.717, 1.165) is 0 Å². The summed E-state index contributed by atoms with van der Waals surface area (Å²) in [7, 11) is 0. The summed E-state index contributed by atoms with van der Waals surface area (Å²) < 4.78 is 5.20. The summed E-state index contributed by atoms with van der Waals surface area (Å²) in [6.45, 7) is 3.32. The van der Waals surface area contributed by atoms with Gasteiger partial charge in [-0.1, -0.05) is 6.92 Å². The van der Waals surface area contributed by atoms with Gasteiger partial charge in [0.05, 0.1) is 23.9 Å². The van der Waals surface area contributed by atoms with Crippen LogP contribution in [-0.4, -0.2) is 53.5 Å². The number of carbonyl (C=O) groups is 3. The Balaban J connectivity index is 1.88. The number of carboxylic acids is 2. The SMILES string of the molecule is CCN(CC(=O)[O-])C(CCCCNC(=O)Cc1c(C)c2ccc(O)cc2oc1=O)C(=O)[O-]. The van der Waals surface area contributed by atoms with Crippen molar-refractivity contribution in [2.45, 2.75) is 45.6 Å². The minimum absolute atomic E-state index is 0.0341. The van der Waals surface area contributed by atoms with E-state index < -0.39 is 30.2 Å². The average Bonchev–Trinajstić information content (AvgIpc) is 2.71. The third-order valence-electron chi connectivity index (χ3n) is 5.29. The minimum atomic E-state index is -1.37. The van der Waals surface area contributed by atoms with Gasteiger partial charge in [0.2, 0.25) is 5.91 Å². The fraction of sp³-hybridized carbons (Fsp3) is 0.455. The molecule has 0 bridgehead atoms. The fourth-order valence-electron chi connectivity index (χ4n) is 3.56. The molecular weight excluding hydrogens is 420 g/mol. The Morgan fingerprint density at radius 2 is 1.94 bits per heavy atom. The number of unbranched alkanes of at least 4 members (excludes halogenated alkanes) is 1. The number of hydrogen-bond donors (Lipinski definition) is 2. The summed E-state index contributed by atoms with van der Waals surface area (Å²) in [5.74, 6) is -3.14. The largest absolute Gasteiger partial charge is 0.549 e. The molecule has 2 aromatic rings. The fourth-order valence-corrected chi connectivity index (χ4v) is 3.56. The van der Waals surface area contributed by atoms with E-state index in [2.05, 4.69) is 5.32 Å². The van der Waals surface area contributed by atoms with Crippen LogP contribution in [0.2, 0.25) is 0 Å². The summed E-state index contributed by atoms with van der Waals surface area (Å²) >= 11 is 0. The Hall–Kier alpha value is -3.40. The summed E-state index contributed by atoms with van der Waals surface area (Å²) in [6.07, 6.45) is 0.869. The smallest absolute Gasteiger partial charge is 0.340 e. The van der Waals surface area contributed by atoms with Crippen LogP contribution >= 0.6 is 0 Å². The second-order valence-electron chi connectivity index (χ2n) is 7.47. The number of phenolic OH excluding ortho intramolecular Hbond substituents is 1. The van der Waals surface area contributed by atoms with Crippen molar-refractivity contribution in [3.63, 3.8) is 0 Å². The molecule has 0 aliphatic rings. The maximum absolute atomic E-state index is 12.3. The molecular formula is C22H26N2O8-2. The summed E-state index contributed by atoms with van der Waals surface area (Å²) in [4.78, 5) is 47.9. The highest BCUT2D eigenvalue weighted by molar-refractivity contribution is 5.85. The molecule has 10 heteroatoms. The van der Waals surface area contributed by atoms with E-state index >= 15 is 0 Å². The van der Waals surface area contributed by atoms with E-state index in [1.807, 2.05) is 0 Å². The molecule has 0 spiro atoms. The van der Waals surface area contributed by atoms with Gasteiger partial charge < -0.3 is 34.6 Å². The molecule has 1 aromatic heterocycles. The number of aliphatic carboxylic acids is 2. The molecule has 1 aromatic carbocycles. The zero-order chi connectivity index (χ0) is 23.8. The van der Waals surface area contributed by atoms with Gasteiger partial charge in [-0.15, -0.1) is 0 Å². The number of hydrogen-bond acceptors (Lipinski definition) is 9. The van der Waals surface area contributed by atoms with E-state index in [0.29, 0.717) is 23.8 Å².